The molecule has 0 aliphatic carbocycles. The normalized spacial score (nSPS) is 12.5. The molecule has 0 unspecified atom stereocenters. The van der Waals surface area contributed by atoms with E-state index in [-0.39, 0.29) is 0 Å². The van der Waals surface area contributed by atoms with Crippen LogP contribution in [0.2, 0.25) is 0 Å². The highest BCUT2D eigenvalue weighted by Crippen LogP contribution is 2.24. The van der Waals surface area contributed by atoms with Crippen molar-refractivity contribution in [2.45, 2.75) is 19.1 Å². The third-order valence-corrected chi connectivity index (χ3v) is 2.46. The molecule has 0 radical (unpaired) electrons. The summed E-state index contributed by atoms with van der Waals surface area (Å²) >= 11 is 4.03. The van der Waals surface area contributed by atoms with Crippen LogP contribution in [0.4, 0.5) is 0 Å². The van der Waals surface area contributed by atoms with E-state index in [9.17, 15) is 4.79 Å². The summed E-state index contributed by atoms with van der Waals surface area (Å²) < 4.78 is 0. The molecular formula is C10H12O2S. The number of rotatable bonds is 2. The van der Waals surface area contributed by atoms with E-state index in [1.807, 2.05) is 32.0 Å². The van der Waals surface area contributed by atoms with Gasteiger partial charge in [-0.15, -0.1) is 0 Å². The quantitative estimate of drug-likeness (QED) is 0.712. The van der Waals surface area contributed by atoms with Gasteiger partial charge in [-0.3, -0.25) is 4.79 Å². The minimum absolute atomic E-state index is 0.722. The molecule has 1 aromatic carbocycles. The molecule has 0 spiro atoms. The lowest BCUT2D eigenvalue weighted by Crippen LogP contribution is -2.06. The fourth-order valence-electron chi connectivity index (χ4n) is 1.19. The molecule has 70 valence electrons. The molecular weight excluding hydrogens is 184 g/mol. The smallest absolute Gasteiger partial charge is 0.320 e. The summed E-state index contributed by atoms with van der Waals surface area (Å²) in [7, 11) is 0. The number of aliphatic carboxylic acids is 1. The van der Waals surface area contributed by atoms with Gasteiger partial charge in [0.15, 0.2) is 0 Å². The van der Waals surface area contributed by atoms with Gasteiger partial charge in [-0.1, -0.05) is 23.8 Å². The molecule has 0 aromatic heterocycles. The molecule has 3 heteroatoms. The minimum atomic E-state index is -0.906. The van der Waals surface area contributed by atoms with Crippen LogP contribution < -0.4 is 0 Å². The summed E-state index contributed by atoms with van der Waals surface area (Å²) in [6, 6.07) is 5.74. The Balaban J connectivity index is 3.12. The maximum absolute atomic E-state index is 10.7. The zero-order valence-corrected chi connectivity index (χ0v) is 8.51. The monoisotopic (exact) mass is 196 g/mol. The van der Waals surface area contributed by atoms with E-state index in [4.69, 9.17) is 5.11 Å². The Bertz CT molecular complexity index is 334. The predicted octanol–water partition coefficient (Wildman–Crippen LogP) is 2.36. The van der Waals surface area contributed by atoms with E-state index in [2.05, 4.69) is 12.6 Å². The number of hydrogen-bond donors (Lipinski definition) is 2. The molecule has 0 heterocycles. The second kappa shape index (κ2) is 3.83. The van der Waals surface area contributed by atoms with Crippen LogP contribution >= 0.6 is 12.6 Å². The van der Waals surface area contributed by atoms with Gasteiger partial charge in [-0.2, -0.15) is 12.6 Å². The maximum Gasteiger partial charge on any atom is 0.320 e. The molecule has 1 N–H and O–H groups in total. The van der Waals surface area contributed by atoms with Crippen molar-refractivity contribution in [1.29, 1.82) is 0 Å². The van der Waals surface area contributed by atoms with Gasteiger partial charge in [0.05, 0.1) is 0 Å². The number of carboxylic acids is 1. The van der Waals surface area contributed by atoms with Crippen molar-refractivity contribution in [1.82, 2.24) is 0 Å². The van der Waals surface area contributed by atoms with E-state index < -0.39 is 11.2 Å². The Hall–Kier alpha value is -0.960. The molecule has 0 aliphatic rings. The predicted molar refractivity (Wildman–Crippen MR) is 55.3 cm³/mol. The number of aryl methyl sites for hydroxylation is 2. The molecule has 0 bridgehead atoms. The highest BCUT2D eigenvalue weighted by atomic mass is 32.1. The van der Waals surface area contributed by atoms with Crippen LogP contribution in [0.5, 0.6) is 0 Å². The lowest BCUT2D eigenvalue weighted by molar-refractivity contribution is -0.136. The lowest BCUT2D eigenvalue weighted by Gasteiger charge is -2.10. The molecule has 0 fully saturated rings. The van der Waals surface area contributed by atoms with Crippen LogP contribution in [0.3, 0.4) is 0 Å². The van der Waals surface area contributed by atoms with Gasteiger partial charge in [-0.05, 0) is 25.0 Å². The van der Waals surface area contributed by atoms with Crippen molar-refractivity contribution >= 4 is 18.6 Å². The Morgan fingerprint density at radius 1 is 1.46 bits per heavy atom. The van der Waals surface area contributed by atoms with Crippen molar-refractivity contribution in [3.63, 3.8) is 0 Å². The standard InChI is InChI=1S/C10H12O2S/c1-6-3-4-7(2)8(5-6)9(13)10(11)12/h3-5,9,13H,1-2H3,(H,11,12)/t9-/m1/s1. The van der Waals surface area contributed by atoms with Gasteiger partial charge < -0.3 is 5.11 Å². The Kier molecular flexibility index (Phi) is 2.98. The molecule has 13 heavy (non-hydrogen) atoms. The first kappa shape index (κ1) is 10.1. The number of thiol groups is 1. The molecule has 1 aromatic rings. The van der Waals surface area contributed by atoms with E-state index in [1.165, 1.54) is 0 Å². The summed E-state index contributed by atoms with van der Waals surface area (Å²) in [5.41, 5.74) is 2.80. The second-order valence-electron chi connectivity index (χ2n) is 3.10. The van der Waals surface area contributed by atoms with E-state index in [0.29, 0.717) is 0 Å². The topological polar surface area (TPSA) is 37.3 Å². The van der Waals surface area contributed by atoms with Gasteiger partial charge in [0.25, 0.3) is 0 Å². The van der Waals surface area contributed by atoms with Gasteiger partial charge in [0, 0.05) is 0 Å². The molecule has 0 saturated carbocycles. The van der Waals surface area contributed by atoms with Crippen LogP contribution in [0.15, 0.2) is 18.2 Å². The summed E-state index contributed by atoms with van der Waals surface area (Å²) in [5, 5.41) is 8.05. The van der Waals surface area contributed by atoms with Crippen molar-refractivity contribution < 1.29 is 9.90 Å². The summed E-state index contributed by atoms with van der Waals surface area (Å²) in [5.74, 6) is -0.906. The van der Waals surface area contributed by atoms with Crippen molar-refractivity contribution in [2.75, 3.05) is 0 Å². The second-order valence-corrected chi connectivity index (χ2v) is 3.62. The fourth-order valence-corrected chi connectivity index (χ4v) is 1.47. The minimum Gasteiger partial charge on any atom is -0.480 e. The third kappa shape index (κ3) is 2.25. The van der Waals surface area contributed by atoms with Gasteiger partial charge >= 0.3 is 5.97 Å². The number of carboxylic acid groups (broad SMARTS) is 1. The highest BCUT2D eigenvalue weighted by molar-refractivity contribution is 7.81. The van der Waals surface area contributed by atoms with Crippen LogP contribution in [-0.4, -0.2) is 11.1 Å². The first-order chi connectivity index (χ1) is 6.02. The molecule has 2 nitrogen and oxygen atoms in total. The van der Waals surface area contributed by atoms with Crippen LogP contribution in [0.25, 0.3) is 0 Å². The average Bonchev–Trinajstić information content (AvgIpc) is 2.08. The van der Waals surface area contributed by atoms with E-state index >= 15 is 0 Å². The third-order valence-electron chi connectivity index (χ3n) is 1.96. The number of benzene rings is 1. The van der Waals surface area contributed by atoms with Crippen LogP contribution in [0, 0.1) is 13.8 Å². The first-order valence-corrected chi connectivity index (χ1v) is 4.52. The molecule has 0 aliphatic heterocycles. The average molecular weight is 196 g/mol. The fraction of sp³-hybridized carbons (Fsp3) is 0.300. The molecule has 1 rings (SSSR count). The van der Waals surface area contributed by atoms with Gasteiger partial charge in [0.1, 0.15) is 5.25 Å². The zero-order chi connectivity index (χ0) is 10.0. The van der Waals surface area contributed by atoms with Gasteiger partial charge in [-0.25, -0.2) is 0 Å². The van der Waals surface area contributed by atoms with Crippen molar-refractivity contribution in [3.8, 4) is 0 Å². The maximum atomic E-state index is 10.7. The number of carbonyl (C=O) groups is 1. The largest absolute Gasteiger partial charge is 0.480 e. The van der Waals surface area contributed by atoms with Gasteiger partial charge in [0.2, 0.25) is 0 Å². The molecule has 1 atom stereocenters. The summed E-state index contributed by atoms with van der Waals surface area (Å²) in [6.07, 6.45) is 0. The Labute approximate surface area is 83.0 Å². The lowest BCUT2D eigenvalue weighted by atomic mass is 10.0. The summed E-state index contributed by atoms with van der Waals surface area (Å²) in [6.45, 7) is 3.83. The SMILES string of the molecule is Cc1ccc(C)c([C@@H](S)C(=O)O)c1. The van der Waals surface area contributed by atoms with Crippen molar-refractivity contribution in [2.24, 2.45) is 0 Å². The zero-order valence-electron chi connectivity index (χ0n) is 7.61. The van der Waals surface area contributed by atoms with Crippen LogP contribution in [-0.2, 0) is 4.79 Å². The number of hydrogen-bond acceptors (Lipinski definition) is 2. The van der Waals surface area contributed by atoms with E-state index in [1.54, 1.807) is 0 Å². The Morgan fingerprint density at radius 2 is 2.08 bits per heavy atom. The molecule has 0 saturated heterocycles. The Morgan fingerprint density at radius 3 is 2.62 bits per heavy atom. The highest BCUT2D eigenvalue weighted by Gasteiger charge is 2.16. The molecule has 0 amide bonds. The van der Waals surface area contributed by atoms with E-state index in [0.717, 1.165) is 16.7 Å². The van der Waals surface area contributed by atoms with Crippen molar-refractivity contribution in [3.05, 3.63) is 34.9 Å². The summed E-state index contributed by atoms with van der Waals surface area (Å²) in [4.78, 5) is 10.7. The van der Waals surface area contributed by atoms with Crippen LogP contribution in [0.1, 0.15) is 21.9 Å². The first-order valence-electron chi connectivity index (χ1n) is 4.00.